The summed E-state index contributed by atoms with van der Waals surface area (Å²) in [7, 11) is 1.43. The van der Waals surface area contributed by atoms with Gasteiger partial charge < -0.3 is 14.2 Å². The van der Waals surface area contributed by atoms with Crippen molar-refractivity contribution in [3.8, 4) is 0 Å². The van der Waals surface area contributed by atoms with Crippen molar-refractivity contribution in [1.82, 2.24) is 0 Å². The van der Waals surface area contributed by atoms with Crippen LogP contribution in [0.15, 0.2) is 0 Å². The standard InChI is InChI=1S/C9H16N2O8/c1-4-7(17-3)5-18-8(12)19-6-9(2,10(13)14)11(15)16/h7H,4-6H2,1-3H3. The Bertz CT molecular complexity index is 327. The Morgan fingerprint density at radius 1 is 1.26 bits per heavy atom. The summed E-state index contributed by atoms with van der Waals surface area (Å²) in [5.74, 6) is 0. The third-order valence-electron chi connectivity index (χ3n) is 2.43. The van der Waals surface area contributed by atoms with E-state index in [2.05, 4.69) is 9.47 Å². The molecule has 1 unspecified atom stereocenters. The Morgan fingerprint density at radius 3 is 2.16 bits per heavy atom. The van der Waals surface area contributed by atoms with E-state index in [1.165, 1.54) is 7.11 Å². The Hall–Kier alpha value is -1.97. The number of rotatable bonds is 8. The van der Waals surface area contributed by atoms with E-state index in [-0.39, 0.29) is 12.7 Å². The van der Waals surface area contributed by atoms with Gasteiger partial charge in [0.15, 0.2) is 0 Å². The SMILES string of the molecule is CCC(COC(=O)OCC(C)([N+](=O)[O-])[N+](=O)[O-])OC. The second-order valence-electron chi connectivity index (χ2n) is 3.85. The van der Waals surface area contributed by atoms with E-state index in [0.29, 0.717) is 6.42 Å². The molecule has 0 aromatic heterocycles. The second-order valence-corrected chi connectivity index (χ2v) is 3.85. The lowest BCUT2D eigenvalue weighted by Crippen LogP contribution is -2.48. The first kappa shape index (κ1) is 17.0. The van der Waals surface area contributed by atoms with Crippen LogP contribution in [-0.2, 0) is 14.2 Å². The zero-order chi connectivity index (χ0) is 15.1. The quantitative estimate of drug-likeness (QED) is 0.276. The van der Waals surface area contributed by atoms with Crippen molar-refractivity contribution in [1.29, 1.82) is 0 Å². The molecule has 0 aliphatic rings. The lowest BCUT2D eigenvalue weighted by Gasteiger charge is -2.15. The van der Waals surface area contributed by atoms with E-state index < -0.39 is 28.3 Å². The van der Waals surface area contributed by atoms with Crippen LogP contribution in [0.5, 0.6) is 0 Å². The summed E-state index contributed by atoms with van der Waals surface area (Å²) in [4.78, 5) is 29.9. The normalized spacial score (nSPS) is 12.6. The van der Waals surface area contributed by atoms with E-state index in [4.69, 9.17) is 4.74 Å². The van der Waals surface area contributed by atoms with Crippen LogP contribution < -0.4 is 0 Å². The Morgan fingerprint density at radius 2 is 1.79 bits per heavy atom. The summed E-state index contributed by atoms with van der Waals surface area (Å²) < 4.78 is 13.9. The Labute approximate surface area is 108 Å². The molecule has 0 aliphatic carbocycles. The fourth-order valence-corrected chi connectivity index (χ4v) is 0.923. The fraction of sp³-hybridized carbons (Fsp3) is 0.889. The minimum atomic E-state index is -2.59. The van der Waals surface area contributed by atoms with Crippen molar-refractivity contribution >= 4 is 6.16 Å². The maximum absolute atomic E-state index is 11.1. The van der Waals surface area contributed by atoms with Gasteiger partial charge in [0.25, 0.3) is 0 Å². The molecule has 0 heterocycles. The highest BCUT2D eigenvalue weighted by Gasteiger charge is 2.52. The number of nitro groups is 2. The maximum atomic E-state index is 11.1. The molecule has 0 aromatic rings. The van der Waals surface area contributed by atoms with Crippen LogP contribution in [0.25, 0.3) is 0 Å². The molecule has 0 rings (SSSR count). The zero-order valence-corrected chi connectivity index (χ0v) is 10.9. The molecule has 0 aliphatic heterocycles. The van der Waals surface area contributed by atoms with Crippen LogP contribution in [0.4, 0.5) is 4.79 Å². The van der Waals surface area contributed by atoms with Gasteiger partial charge in [-0.15, -0.1) is 0 Å². The monoisotopic (exact) mass is 280 g/mol. The number of ether oxygens (including phenoxy) is 3. The summed E-state index contributed by atoms with van der Waals surface area (Å²) in [6.45, 7) is 1.43. The molecule has 10 heteroatoms. The van der Waals surface area contributed by atoms with Crippen LogP contribution in [0.3, 0.4) is 0 Å². The van der Waals surface area contributed by atoms with E-state index in [0.717, 1.165) is 6.92 Å². The topological polar surface area (TPSA) is 131 Å². The first-order valence-corrected chi connectivity index (χ1v) is 5.39. The molecule has 0 amide bonds. The van der Waals surface area contributed by atoms with Crippen molar-refractivity contribution in [2.24, 2.45) is 0 Å². The summed E-state index contributed by atoms with van der Waals surface area (Å²) in [6.07, 6.45) is -0.957. The van der Waals surface area contributed by atoms with Gasteiger partial charge in [-0.2, -0.15) is 0 Å². The molecular formula is C9H16N2O8. The van der Waals surface area contributed by atoms with Gasteiger partial charge in [0.2, 0.25) is 6.61 Å². The Balaban J connectivity index is 4.28. The fourth-order valence-electron chi connectivity index (χ4n) is 0.923. The molecule has 0 radical (unpaired) electrons. The van der Waals surface area contributed by atoms with Gasteiger partial charge >= 0.3 is 11.8 Å². The first-order chi connectivity index (χ1) is 8.77. The van der Waals surface area contributed by atoms with Crippen molar-refractivity contribution in [2.45, 2.75) is 32.0 Å². The van der Waals surface area contributed by atoms with Gasteiger partial charge in [-0.1, -0.05) is 6.92 Å². The predicted molar refractivity (Wildman–Crippen MR) is 60.8 cm³/mol. The maximum Gasteiger partial charge on any atom is 0.508 e. The van der Waals surface area contributed by atoms with Crippen molar-refractivity contribution in [3.63, 3.8) is 0 Å². The number of nitrogens with zero attached hydrogens (tertiary/aromatic N) is 2. The molecule has 0 saturated carbocycles. The van der Waals surface area contributed by atoms with Gasteiger partial charge in [0.05, 0.1) is 13.0 Å². The molecule has 19 heavy (non-hydrogen) atoms. The van der Waals surface area contributed by atoms with Crippen molar-refractivity contribution in [2.75, 3.05) is 20.3 Å². The largest absolute Gasteiger partial charge is 0.508 e. The smallest absolute Gasteiger partial charge is 0.432 e. The molecular weight excluding hydrogens is 264 g/mol. The second kappa shape index (κ2) is 7.46. The third kappa shape index (κ3) is 5.04. The van der Waals surface area contributed by atoms with Crippen LogP contribution in [0, 0.1) is 20.2 Å². The summed E-state index contributed by atoms with van der Waals surface area (Å²) in [5.41, 5.74) is -2.59. The van der Waals surface area contributed by atoms with E-state index in [1.807, 2.05) is 0 Å². The number of carbonyl (C=O) groups is 1. The number of hydrogen-bond donors (Lipinski definition) is 0. The molecule has 0 aromatic carbocycles. The van der Waals surface area contributed by atoms with Gasteiger partial charge in [-0.05, 0) is 6.42 Å². The summed E-state index contributed by atoms with van der Waals surface area (Å²) in [5, 5.41) is 21.1. The van der Waals surface area contributed by atoms with E-state index >= 15 is 0 Å². The minimum Gasteiger partial charge on any atom is -0.432 e. The number of methoxy groups -OCH3 is 1. The molecule has 10 nitrogen and oxygen atoms in total. The summed E-state index contributed by atoms with van der Waals surface area (Å²) >= 11 is 0. The molecule has 0 N–H and O–H groups in total. The van der Waals surface area contributed by atoms with Crippen LogP contribution in [-0.4, -0.2) is 48.1 Å². The van der Waals surface area contributed by atoms with E-state index in [1.54, 1.807) is 6.92 Å². The van der Waals surface area contributed by atoms with Crippen LogP contribution in [0.1, 0.15) is 20.3 Å². The molecule has 0 saturated heterocycles. The van der Waals surface area contributed by atoms with Gasteiger partial charge in [-0.3, -0.25) is 20.2 Å². The lowest BCUT2D eigenvalue weighted by molar-refractivity contribution is -0.793. The van der Waals surface area contributed by atoms with Gasteiger partial charge in [0, 0.05) is 7.11 Å². The first-order valence-electron chi connectivity index (χ1n) is 5.39. The highest BCUT2D eigenvalue weighted by molar-refractivity contribution is 5.59. The molecule has 0 bridgehead atoms. The number of hydrogen-bond acceptors (Lipinski definition) is 8. The Kier molecular flexibility index (Phi) is 6.69. The van der Waals surface area contributed by atoms with Gasteiger partial charge in [-0.25, -0.2) is 4.79 Å². The van der Waals surface area contributed by atoms with Crippen LogP contribution in [0.2, 0.25) is 0 Å². The number of carbonyl (C=O) groups excluding carboxylic acids is 1. The lowest BCUT2D eigenvalue weighted by atomic mass is 10.2. The van der Waals surface area contributed by atoms with Crippen LogP contribution >= 0.6 is 0 Å². The van der Waals surface area contributed by atoms with Crippen molar-refractivity contribution in [3.05, 3.63) is 20.2 Å². The molecule has 0 fully saturated rings. The van der Waals surface area contributed by atoms with E-state index in [9.17, 15) is 25.0 Å². The highest BCUT2D eigenvalue weighted by Crippen LogP contribution is 2.11. The minimum absolute atomic E-state index is 0.0977. The summed E-state index contributed by atoms with van der Waals surface area (Å²) in [6, 6.07) is 0. The molecule has 110 valence electrons. The third-order valence-corrected chi connectivity index (χ3v) is 2.43. The average molecular weight is 280 g/mol. The zero-order valence-electron chi connectivity index (χ0n) is 10.9. The highest BCUT2D eigenvalue weighted by atomic mass is 16.7. The predicted octanol–water partition coefficient (Wildman–Crippen LogP) is 0.834. The average Bonchev–Trinajstić information content (AvgIpc) is 2.36. The molecule has 0 spiro atoms. The molecule has 1 atom stereocenters. The van der Waals surface area contributed by atoms with Crippen molar-refractivity contribution < 1.29 is 28.9 Å². The van der Waals surface area contributed by atoms with Gasteiger partial charge in [0.1, 0.15) is 16.5 Å².